The Bertz CT molecular complexity index is 706. The van der Waals surface area contributed by atoms with E-state index in [-0.39, 0.29) is 50.1 Å². The summed E-state index contributed by atoms with van der Waals surface area (Å²) in [4.78, 5) is 12.1. The molecule has 0 amide bonds. The largest absolute Gasteiger partial charge is 0.468 e. The van der Waals surface area contributed by atoms with Crippen molar-refractivity contribution < 1.29 is 42.2 Å². The minimum Gasteiger partial charge on any atom is -0.468 e. The first-order valence-electron chi connectivity index (χ1n) is 6.31. The molecule has 7 heteroatoms. The van der Waals surface area contributed by atoms with E-state index in [1.165, 1.54) is 6.07 Å². The summed E-state index contributed by atoms with van der Waals surface area (Å²) >= 11 is 9.36. The van der Waals surface area contributed by atoms with Crippen molar-refractivity contribution in [3.8, 4) is 17.0 Å². The molecule has 2 aromatic rings. The Hall–Kier alpha value is -0.196. The number of aromatic nitrogens is 1. The molecular weight excluding hydrogens is 446 g/mol. The summed E-state index contributed by atoms with van der Waals surface area (Å²) in [5.41, 5.74) is 1.30. The number of pyridine rings is 1. The van der Waals surface area contributed by atoms with Crippen molar-refractivity contribution in [1.29, 1.82) is 0 Å². The Balaban J connectivity index is 0.00000242. The van der Waals surface area contributed by atoms with Gasteiger partial charge >= 0.3 is 0 Å². The van der Waals surface area contributed by atoms with Gasteiger partial charge in [-0.05, 0) is 23.5 Å². The molecule has 0 saturated heterocycles. The molecule has 0 saturated carbocycles. The molecule has 0 atom stereocenters. The summed E-state index contributed by atoms with van der Waals surface area (Å²) in [5.74, 6) is 0.673. The predicted octanol–water partition coefficient (Wildman–Crippen LogP) is 3.73. The van der Waals surface area contributed by atoms with Gasteiger partial charge in [-0.3, -0.25) is 4.79 Å². The molecule has 0 N–H and O–H groups in total. The van der Waals surface area contributed by atoms with Gasteiger partial charge in [0.15, 0.2) is 6.79 Å². The van der Waals surface area contributed by atoms with Crippen LogP contribution in [0.25, 0.3) is 11.3 Å². The molecule has 1 heterocycles. The van der Waals surface area contributed by atoms with Crippen molar-refractivity contribution in [3.63, 3.8) is 0 Å². The number of ether oxygens (including phenoxy) is 2. The SMILES string of the molecule is CCn1c(-c2ccc(OCOC)cc2Br)[c-]cc(Cl)c1=O.[Y]. The van der Waals surface area contributed by atoms with Gasteiger partial charge in [-0.25, -0.2) is 0 Å². The second kappa shape index (κ2) is 9.19. The topological polar surface area (TPSA) is 40.5 Å². The summed E-state index contributed by atoms with van der Waals surface area (Å²) in [6.45, 7) is 2.58. The molecular formula is C15H14BrClNO3Y-. The van der Waals surface area contributed by atoms with Gasteiger partial charge in [0.05, 0.1) is 0 Å². The molecule has 0 aliphatic rings. The Morgan fingerprint density at radius 1 is 1.41 bits per heavy atom. The molecule has 1 radical (unpaired) electrons. The van der Waals surface area contributed by atoms with E-state index in [0.717, 1.165) is 10.0 Å². The summed E-state index contributed by atoms with van der Waals surface area (Å²) in [7, 11) is 1.56. The van der Waals surface area contributed by atoms with Gasteiger partial charge in [0.1, 0.15) is 5.75 Å². The third kappa shape index (κ3) is 4.42. The van der Waals surface area contributed by atoms with Crippen molar-refractivity contribution in [3.05, 3.63) is 50.2 Å². The number of hydrogen-bond acceptors (Lipinski definition) is 3. The maximum atomic E-state index is 12.1. The monoisotopic (exact) mass is 459 g/mol. The predicted molar refractivity (Wildman–Crippen MR) is 85.9 cm³/mol. The van der Waals surface area contributed by atoms with E-state index in [1.807, 2.05) is 25.1 Å². The molecule has 0 bridgehead atoms. The first-order chi connectivity index (χ1) is 10.1. The number of benzene rings is 1. The fourth-order valence-corrected chi connectivity index (χ4v) is 2.63. The Labute approximate surface area is 167 Å². The van der Waals surface area contributed by atoms with E-state index >= 15 is 0 Å². The normalized spacial score (nSPS) is 10.2. The van der Waals surface area contributed by atoms with E-state index in [4.69, 9.17) is 21.1 Å². The van der Waals surface area contributed by atoms with Crippen molar-refractivity contribution in [2.45, 2.75) is 13.5 Å². The van der Waals surface area contributed by atoms with Gasteiger partial charge in [0.25, 0.3) is 0 Å². The van der Waals surface area contributed by atoms with Crippen molar-refractivity contribution >= 4 is 27.5 Å². The molecule has 1 aromatic carbocycles. The summed E-state index contributed by atoms with van der Waals surface area (Å²) in [6, 6.07) is 10.0. The number of halogens is 2. The first-order valence-corrected chi connectivity index (χ1v) is 7.48. The van der Waals surface area contributed by atoms with E-state index < -0.39 is 0 Å². The third-order valence-electron chi connectivity index (χ3n) is 2.91. The molecule has 1 aromatic heterocycles. The summed E-state index contributed by atoms with van der Waals surface area (Å²) < 4.78 is 12.6. The van der Waals surface area contributed by atoms with E-state index in [0.29, 0.717) is 18.0 Å². The quantitative estimate of drug-likeness (QED) is 0.504. The van der Waals surface area contributed by atoms with Crippen LogP contribution in [0.15, 0.2) is 33.5 Å². The zero-order valence-corrected chi connectivity index (χ0v) is 17.4. The zero-order chi connectivity index (χ0) is 15.4. The molecule has 2 rings (SSSR count). The average molecular weight is 461 g/mol. The second-order valence-corrected chi connectivity index (χ2v) is 5.49. The van der Waals surface area contributed by atoms with E-state index in [2.05, 4.69) is 22.0 Å². The van der Waals surface area contributed by atoms with Crippen LogP contribution in [0.5, 0.6) is 5.75 Å². The Kier molecular flexibility index (Phi) is 8.29. The van der Waals surface area contributed by atoms with Crippen LogP contribution in [0, 0.1) is 6.07 Å². The number of hydrogen-bond donors (Lipinski definition) is 0. The molecule has 22 heavy (non-hydrogen) atoms. The maximum Gasteiger partial charge on any atom is 0.212 e. The van der Waals surface area contributed by atoms with Gasteiger partial charge in [0.2, 0.25) is 5.56 Å². The van der Waals surface area contributed by atoms with Crippen molar-refractivity contribution in [1.82, 2.24) is 4.57 Å². The Morgan fingerprint density at radius 3 is 2.73 bits per heavy atom. The Morgan fingerprint density at radius 2 is 2.14 bits per heavy atom. The average Bonchev–Trinajstić information content (AvgIpc) is 2.48. The molecule has 0 unspecified atom stereocenters. The van der Waals surface area contributed by atoms with Crippen LogP contribution in [0.2, 0.25) is 5.02 Å². The van der Waals surface area contributed by atoms with Crippen LogP contribution < -0.4 is 10.3 Å². The van der Waals surface area contributed by atoms with Crippen LogP contribution in [0.1, 0.15) is 6.92 Å². The van der Waals surface area contributed by atoms with E-state index in [1.54, 1.807) is 11.7 Å². The molecule has 4 nitrogen and oxygen atoms in total. The molecule has 0 spiro atoms. The number of rotatable bonds is 5. The van der Waals surface area contributed by atoms with Crippen LogP contribution >= 0.6 is 27.5 Å². The fourth-order valence-electron chi connectivity index (χ4n) is 1.93. The summed E-state index contributed by atoms with van der Waals surface area (Å²) in [5, 5.41) is 0.164. The van der Waals surface area contributed by atoms with Crippen molar-refractivity contribution in [2.75, 3.05) is 13.9 Å². The van der Waals surface area contributed by atoms with Crippen LogP contribution in [-0.4, -0.2) is 18.5 Å². The van der Waals surface area contributed by atoms with Crippen LogP contribution in [0.3, 0.4) is 0 Å². The fraction of sp³-hybridized carbons (Fsp3) is 0.267. The van der Waals surface area contributed by atoms with Gasteiger partial charge < -0.3 is 14.0 Å². The number of methoxy groups -OCH3 is 1. The molecule has 0 aliphatic carbocycles. The minimum atomic E-state index is -0.223. The van der Waals surface area contributed by atoms with Gasteiger partial charge in [-0.2, -0.15) is 23.7 Å². The zero-order valence-electron chi connectivity index (χ0n) is 12.2. The van der Waals surface area contributed by atoms with Gasteiger partial charge in [-0.1, -0.05) is 27.2 Å². The molecule has 0 fully saturated rings. The first kappa shape index (κ1) is 19.8. The smallest absolute Gasteiger partial charge is 0.212 e. The standard InChI is InChI=1S/C15H14BrClNO3.Y/c1-3-18-14(7-6-13(17)15(18)19)11-5-4-10(8-12(11)16)21-9-20-2;/h4-6,8H,3,9H2,1-2H3;/q-1;. The maximum absolute atomic E-state index is 12.1. The van der Waals surface area contributed by atoms with Gasteiger partial charge in [0, 0.05) is 51.4 Å². The van der Waals surface area contributed by atoms with Gasteiger partial charge in [-0.15, -0.1) is 6.07 Å². The van der Waals surface area contributed by atoms with Crippen LogP contribution in [-0.2, 0) is 44.0 Å². The molecule has 0 aliphatic heterocycles. The van der Waals surface area contributed by atoms with Crippen LogP contribution in [0.4, 0.5) is 0 Å². The molecule has 115 valence electrons. The van der Waals surface area contributed by atoms with Crippen molar-refractivity contribution in [2.24, 2.45) is 0 Å². The second-order valence-electron chi connectivity index (χ2n) is 4.23. The minimum absolute atomic E-state index is 0. The summed E-state index contributed by atoms with van der Waals surface area (Å²) in [6.07, 6.45) is 0. The number of nitrogens with zero attached hydrogens (tertiary/aromatic N) is 1. The third-order valence-corrected chi connectivity index (χ3v) is 3.84. The van der Waals surface area contributed by atoms with E-state index in [9.17, 15) is 4.79 Å².